The molecule has 1 heterocycles. The highest BCUT2D eigenvalue weighted by Gasteiger charge is 2.51. The fourth-order valence-corrected chi connectivity index (χ4v) is 7.46. The second-order valence-electron chi connectivity index (χ2n) is 11.7. The van der Waals surface area contributed by atoms with Crippen LogP contribution in [0.3, 0.4) is 0 Å². The SMILES string of the molecule is C1=C/C(c2ccccc2)=NC(c2ccccc2)=N/C(c2ccc3c(c2)C2(c4ccccc4-c4ccccc42)c2ccccc2-3)=C/1. The Balaban J connectivity index is 1.27. The molecule has 2 nitrogen and oxygen atoms in total. The van der Waals surface area contributed by atoms with Crippen molar-refractivity contribution >= 4 is 17.2 Å². The Morgan fingerprint density at radius 1 is 0.400 bits per heavy atom. The smallest absolute Gasteiger partial charge is 0.160 e. The number of rotatable bonds is 3. The third kappa shape index (κ3) is 3.82. The average molecular weight is 573 g/mol. The lowest BCUT2D eigenvalue weighted by atomic mass is 9.70. The van der Waals surface area contributed by atoms with Gasteiger partial charge >= 0.3 is 0 Å². The van der Waals surface area contributed by atoms with Gasteiger partial charge < -0.3 is 0 Å². The van der Waals surface area contributed by atoms with Crippen molar-refractivity contribution in [2.24, 2.45) is 9.98 Å². The van der Waals surface area contributed by atoms with Crippen molar-refractivity contribution in [1.82, 2.24) is 0 Å². The second kappa shape index (κ2) is 10.1. The molecule has 210 valence electrons. The van der Waals surface area contributed by atoms with Crippen LogP contribution >= 0.6 is 0 Å². The number of aliphatic imine (C=N–C) groups is 2. The number of hydrogen-bond acceptors (Lipinski definition) is 2. The lowest BCUT2D eigenvalue weighted by Crippen LogP contribution is -2.25. The summed E-state index contributed by atoms with van der Waals surface area (Å²) in [6.45, 7) is 0. The molecule has 0 atom stereocenters. The summed E-state index contributed by atoms with van der Waals surface area (Å²) in [6, 6.07) is 54.2. The number of benzene rings is 6. The van der Waals surface area contributed by atoms with Gasteiger partial charge in [-0.15, -0.1) is 0 Å². The Hall–Kier alpha value is -5.86. The molecule has 0 bridgehead atoms. The lowest BCUT2D eigenvalue weighted by Gasteiger charge is -2.30. The fraction of sp³-hybridized carbons (Fsp3) is 0.0233. The first-order chi connectivity index (χ1) is 22.3. The Kier molecular flexibility index (Phi) is 5.76. The quantitative estimate of drug-likeness (QED) is 0.201. The Morgan fingerprint density at radius 2 is 0.911 bits per heavy atom. The van der Waals surface area contributed by atoms with Crippen LogP contribution in [0.1, 0.15) is 38.9 Å². The van der Waals surface area contributed by atoms with Crippen molar-refractivity contribution in [1.29, 1.82) is 0 Å². The van der Waals surface area contributed by atoms with Crippen LogP contribution in [-0.4, -0.2) is 11.5 Å². The molecule has 0 amide bonds. The molecule has 0 unspecified atom stereocenters. The fourth-order valence-electron chi connectivity index (χ4n) is 7.46. The molecule has 0 radical (unpaired) electrons. The summed E-state index contributed by atoms with van der Waals surface area (Å²) in [4.78, 5) is 10.4. The van der Waals surface area contributed by atoms with Gasteiger partial charge in [0.05, 0.1) is 16.8 Å². The summed E-state index contributed by atoms with van der Waals surface area (Å²) >= 11 is 0. The highest BCUT2D eigenvalue weighted by molar-refractivity contribution is 6.18. The van der Waals surface area contributed by atoms with Crippen LogP contribution in [0, 0.1) is 0 Å². The monoisotopic (exact) mass is 572 g/mol. The van der Waals surface area contributed by atoms with E-state index < -0.39 is 5.41 Å². The highest BCUT2D eigenvalue weighted by Crippen LogP contribution is 2.62. The Bertz CT molecular complexity index is 2190. The standard InChI is InChI=1S/C43H28N2/c1-3-14-29(15-4-1)40-24-13-25-41(45-42(44-40)30-16-5-2-6-17-30)31-26-27-35-34-20-9-12-23-38(34)43(39(35)28-31)36-21-10-7-18-32(36)33-19-8-11-22-37(33)43/h1-28H/b24-13+,25-13?,40-24?,41-25+,44-40?,44-42?,45-41?,45-42?. The zero-order valence-corrected chi connectivity index (χ0v) is 24.6. The maximum Gasteiger partial charge on any atom is 0.160 e. The summed E-state index contributed by atoms with van der Waals surface area (Å²) in [5, 5.41) is 0. The van der Waals surface area contributed by atoms with Crippen LogP contribution in [-0.2, 0) is 5.41 Å². The van der Waals surface area contributed by atoms with E-state index in [2.05, 4.69) is 133 Å². The molecule has 1 aliphatic heterocycles. The number of hydrogen-bond donors (Lipinski definition) is 0. The minimum Gasteiger partial charge on any atom is -0.228 e. The van der Waals surface area contributed by atoms with Crippen molar-refractivity contribution in [3.63, 3.8) is 0 Å². The second-order valence-corrected chi connectivity index (χ2v) is 11.7. The van der Waals surface area contributed by atoms with Crippen molar-refractivity contribution in [3.05, 3.63) is 209 Å². The first kappa shape index (κ1) is 25.6. The van der Waals surface area contributed by atoms with E-state index in [1.807, 2.05) is 36.4 Å². The summed E-state index contributed by atoms with van der Waals surface area (Å²) in [6.07, 6.45) is 6.28. The number of allylic oxidation sites excluding steroid dienone is 3. The van der Waals surface area contributed by atoms with E-state index in [1.54, 1.807) is 0 Å². The molecule has 1 spiro atoms. The van der Waals surface area contributed by atoms with E-state index in [1.165, 1.54) is 44.5 Å². The minimum atomic E-state index is -0.391. The normalized spacial score (nSPS) is 17.0. The third-order valence-electron chi connectivity index (χ3n) is 9.36. The van der Waals surface area contributed by atoms with E-state index >= 15 is 0 Å². The number of nitrogens with zero attached hydrogens (tertiary/aromatic N) is 2. The van der Waals surface area contributed by atoms with Crippen LogP contribution in [0.5, 0.6) is 0 Å². The minimum absolute atomic E-state index is 0.391. The van der Waals surface area contributed by atoms with Gasteiger partial charge in [-0.05, 0) is 62.7 Å². The zero-order chi connectivity index (χ0) is 29.8. The first-order valence-corrected chi connectivity index (χ1v) is 15.4. The highest BCUT2D eigenvalue weighted by atomic mass is 14.9. The molecular formula is C43H28N2. The summed E-state index contributed by atoms with van der Waals surface area (Å²) in [5.74, 6) is 0.695. The van der Waals surface area contributed by atoms with Gasteiger partial charge in [0, 0.05) is 16.7 Å². The molecular weight excluding hydrogens is 544 g/mol. The largest absolute Gasteiger partial charge is 0.228 e. The summed E-state index contributed by atoms with van der Waals surface area (Å²) in [5.41, 5.74) is 15.0. The molecule has 9 rings (SSSR count). The third-order valence-corrected chi connectivity index (χ3v) is 9.36. The molecule has 0 fully saturated rings. The van der Waals surface area contributed by atoms with Gasteiger partial charge in [-0.25, -0.2) is 9.98 Å². The van der Waals surface area contributed by atoms with Gasteiger partial charge in [-0.3, -0.25) is 0 Å². The van der Waals surface area contributed by atoms with Gasteiger partial charge in [0.1, 0.15) is 0 Å². The van der Waals surface area contributed by atoms with Gasteiger partial charge in [0.25, 0.3) is 0 Å². The van der Waals surface area contributed by atoms with Crippen molar-refractivity contribution in [2.75, 3.05) is 0 Å². The Morgan fingerprint density at radius 3 is 1.51 bits per heavy atom. The predicted molar refractivity (Wildman–Crippen MR) is 186 cm³/mol. The topological polar surface area (TPSA) is 24.7 Å². The van der Waals surface area contributed by atoms with Crippen molar-refractivity contribution in [3.8, 4) is 22.3 Å². The van der Waals surface area contributed by atoms with Gasteiger partial charge in [-0.2, -0.15) is 0 Å². The van der Waals surface area contributed by atoms with E-state index in [0.717, 1.165) is 28.1 Å². The van der Waals surface area contributed by atoms with E-state index in [4.69, 9.17) is 9.98 Å². The molecule has 6 aromatic carbocycles. The maximum atomic E-state index is 5.27. The molecule has 0 saturated heterocycles. The van der Waals surface area contributed by atoms with Crippen molar-refractivity contribution in [2.45, 2.75) is 5.41 Å². The molecule has 0 saturated carbocycles. The van der Waals surface area contributed by atoms with Crippen LogP contribution in [0.15, 0.2) is 180 Å². The van der Waals surface area contributed by atoms with Crippen LogP contribution in [0.4, 0.5) is 0 Å². The molecule has 3 aliphatic rings. The van der Waals surface area contributed by atoms with Gasteiger partial charge in [0.2, 0.25) is 0 Å². The molecule has 2 aliphatic carbocycles. The van der Waals surface area contributed by atoms with Crippen LogP contribution in [0.25, 0.3) is 28.0 Å². The van der Waals surface area contributed by atoms with Gasteiger partial charge in [-0.1, -0.05) is 152 Å². The van der Waals surface area contributed by atoms with Crippen LogP contribution in [0.2, 0.25) is 0 Å². The van der Waals surface area contributed by atoms with Gasteiger partial charge in [0.15, 0.2) is 5.84 Å². The van der Waals surface area contributed by atoms with Crippen molar-refractivity contribution < 1.29 is 0 Å². The molecule has 0 N–H and O–H groups in total. The number of fused-ring (bicyclic) bond motifs is 10. The predicted octanol–water partition coefficient (Wildman–Crippen LogP) is 9.88. The summed E-state index contributed by atoms with van der Waals surface area (Å²) in [7, 11) is 0. The van der Waals surface area contributed by atoms with E-state index in [0.29, 0.717) is 5.84 Å². The molecule has 0 aromatic heterocycles. The zero-order valence-electron chi connectivity index (χ0n) is 24.6. The van der Waals surface area contributed by atoms with Crippen LogP contribution < -0.4 is 0 Å². The maximum absolute atomic E-state index is 5.27. The first-order valence-electron chi connectivity index (χ1n) is 15.4. The van der Waals surface area contributed by atoms with E-state index in [9.17, 15) is 0 Å². The Labute approximate surface area is 263 Å². The molecule has 6 aromatic rings. The van der Waals surface area contributed by atoms with E-state index in [-0.39, 0.29) is 0 Å². The number of amidine groups is 1. The molecule has 45 heavy (non-hydrogen) atoms. The summed E-state index contributed by atoms with van der Waals surface area (Å²) < 4.78 is 0. The lowest BCUT2D eigenvalue weighted by molar-refractivity contribution is 0.793. The molecule has 2 heteroatoms. The average Bonchev–Trinajstić information content (AvgIpc) is 3.56.